The highest BCUT2D eigenvalue weighted by atomic mass is 32.2. The molecule has 0 saturated heterocycles. The third-order valence-corrected chi connectivity index (χ3v) is 5.10. The molecule has 0 radical (unpaired) electrons. The summed E-state index contributed by atoms with van der Waals surface area (Å²) in [5, 5.41) is 0.885. The van der Waals surface area contributed by atoms with Gasteiger partial charge in [-0.1, -0.05) is 48.6 Å². The van der Waals surface area contributed by atoms with Gasteiger partial charge in [0.1, 0.15) is 5.25 Å². The first-order chi connectivity index (χ1) is 8.92. The molecule has 0 fully saturated rings. The van der Waals surface area contributed by atoms with E-state index >= 15 is 0 Å². The molecule has 19 heavy (non-hydrogen) atoms. The van der Waals surface area contributed by atoms with E-state index in [2.05, 4.69) is 4.72 Å². The number of benzene rings is 2. The molecular formula is C13H14N2O2S2. The van der Waals surface area contributed by atoms with Crippen molar-refractivity contribution in [1.29, 1.82) is 0 Å². The van der Waals surface area contributed by atoms with Crippen LogP contribution in [0.25, 0.3) is 10.8 Å². The van der Waals surface area contributed by atoms with Crippen LogP contribution in [0.5, 0.6) is 0 Å². The minimum Gasteiger partial charge on any atom is -0.392 e. The Kier molecular flexibility index (Phi) is 3.73. The van der Waals surface area contributed by atoms with Crippen LogP contribution in [0.2, 0.25) is 0 Å². The molecule has 6 heteroatoms. The van der Waals surface area contributed by atoms with Gasteiger partial charge in [0.2, 0.25) is 10.0 Å². The van der Waals surface area contributed by atoms with E-state index in [0.29, 0.717) is 5.69 Å². The Balaban J connectivity index is 2.45. The molecule has 2 aromatic rings. The van der Waals surface area contributed by atoms with Gasteiger partial charge in [0.05, 0.1) is 10.7 Å². The lowest BCUT2D eigenvalue weighted by Crippen LogP contribution is -2.35. The zero-order valence-electron chi connectivity index (χ0n) is 10.3. The van der Waals surface area contributed by atoms with Crippen LogP contribution in [-0.4, -0.2) is 18.7 Å². The quantitative estimate of drug-likeness (QED) is 0.848. The number of rotatable bonds is 4. The van der Waals surface area contributed by atoms with Gasteiger partial charge in [-0.15, -0.1) is 0 Å². The van der Waals surface area contributed by atoms with E-state index < -0.39 is 15.3 Å². The number of fused-ring (bicyclic) bond motifs is 1. The molecule has 0 aliphatic rings. The van der Waals surface area contributed by atoms with Gasteiger partial charge in [0.25, 0.3) is 0 Å². The molecule has 100 valence electrons. The molecule has 0 aliphatic carbocycles. The van der Waals surface area contributed by atoms with Crippen LogP contribution in [0, 0.1) is 0 Å². The van der Waals surface area contributed by atoms with Crippen LogP contribution >= 0.6 is 12.2 Å². The minimum atomic E-state index is -3.62. The molecule has 0 spiro atoms. The number of hydrogen-bond acceptors (Lipinski definition) is 3. The van der Waals surface area contributed by atoms with Crippen LogP contribution in [0.4, 0.5) is 5.69 Å². The average molecular weight is 294 g/mol. The predicted molar refractivity (Wildman–Crippen MR) is 82.7 cm³/mol. The lowest BCUT2D eigenvalue weighted by atomic mass is 10.1. The first kappa shape index (κ1) is 13.8. The Morgan fingerprint density at radius 1 is 1.21 bits per heavy atom. The number of anilines is 1. The Labute approximate surface area is 117 Å². The first-order valence-electron chi connectivity index (χ1n) is 5.70. The number of nitrogens with two attached hydrogens (primary N) is 1. The maximum absolute atomic E-state index is 12.1. The zero-order chi connectivity index (χ0) is 14.0. The molecule has 0 aliphatic heterocycles. The number of hydrogen-bond donors (Lipinski definition) is 2. The fourth-order valence-electron chi connectivity index (χ4n) is 1.71. The smallest absolute Gasteiger partial charge is 0.241 e. The van der Waals surface area contributed by atoms with Gasteiger partial charge >= 0.3 is 0 Å². The van der Waals surface area contributed by atoms with Gasteiger partial charge in [0.15, 0.2) is 0 Å². The van der Waals surface area contributed by atoms with Crippen molar-refractivity contribution >= 4 is 43.7 Å². The van der Waals surface area contributed by atoms with E-state index in [9.17, 15) is 8.42 Å². The molecule has 0 amide bonds. The van der Waals surface area contributed by atoms with Crippen molar-refractivity contribution in [3.63, 3.8) is 0 Å². The Bertz CT molecular complexity index is 721. The third-order valence-electron chi connectivity index (χ3n) is 2.91. The standard InChI is InChI=1S/C13H14N2O2S2/c1-9(13(14)18)19(16,17)15-12-8-4-6-10-5-2-3-7-11(10)12/h2-9,15H,1H3,(H2,14,18). The Hall–Kier alpha value is -1.66. The van der Waals surface area contributed by atoms with Crippen molar-refractivity contribution in [2.75, 3.05) is 4.72 Å². The molecule has 2 rings (SSSR count). The maximum Gasteiger partial charge on any atom is 0.241 e. The molecule has 2 aromatic carbocycles. The van der Waals surface area contributed by atoms with Gasteiger partial charge in [-0.05, 0) is 18.4 Å². The first-order valence-corrected chi connectivity index (χ1v) is 7.66. The molecule has 0 heterocycles. The van der Waals surface area contributed by atoms with Gasteiger partial charge in [-0.25, -0.2) is 8.42 Å². The number of sulfonamides is 1. The lowest BCUT2D eigenvalue weighted by molar-refractivity contribution is 0.598. The van der Waals surface area contributed by atoms with E-state index in [1.165, 1.54) is 6.92 Å². The second kappa shape index (κ2) is 5.14. The number of thiocarbonyl (C=S) groups is 1. The highest BCUT2D eigenvalue weighted by Crippen LogP contribution is 2.24. The SMILES string of the molecule is CC(C(N)=S)S(=O)(=O)Nc1cccc2ccccc12. The summed E-state index contributed by atoms with van der Waals surface area (Å²) in [6.07, 6.45) is 0. The summed E-state index contributed by atoms with van der Waals surface area (Å²) in [6, 6.07) is 13.0. The molecule has 1 atom stereocenters. The fourth-order valence-corrected chi connectivity index (χ4v) is 3.06. The predicted octanol–water partition coefficient (Wildman–Crippen LogP) is 2.26. The normalized spacial score (nSPS) is 13.1. The highest BCUT2D eigenvalue weighted by molar-refractivity contribution is 7.95. The molecule has 0 bridgehead atoms. The van der Waals surface area contributed by atoms with Crippen LogP contribution < -0.4 is 10.5 Å². The van der Waals surface area contributed by atoms with Gasteiger partial charge in [0, 0.05) is 5.39 Å². The van der Waals surface area contributed by atoms with Gasteiger partial charge in [-0.2, -0.15) is 0 Å². The summed E-state index contributed by atoms with van der Waals surface area (Å²) in [5.74, 6) is 0. The largest absolute Gasteiger partial charge is 0.392 e. The van der Waals surface area contributed by atoms with Crippen molar-refractivity contribution < 1.29 is 8.42 Å². The van der Waals surface area contributed by atoms with Crippen molar-refractivity contribution in [1.82, 2.24) is 0 Å². The van der Waals surface area contributed by atoms with Gasteiger partial charge < -0.3 is 5.73 Å². The van der Waals surface area contributed by atoms with E-state index in [4.69, 9.17) is 18.0 Å². The summed E-state index contributed by atoms with van der Waals surface area (Å²) >= 11 is 4.74. The molecule has 3 N–H and O–H groups in total. The topological polar surface area (TPSA) is 72.2 Å². The van der Waals surface area contributed by atoms with Crippen LogP contribution in [0.1, 0.15) is 6.92 Å². The maximum atomic E-state index is 12.1. The second-order valence-electron chi connectivity index (χ2n) is 4.22. The Morgan fingerprint density at radius 3 is 2.53 bits per heavy atom. The zero-order valence-corrected chi connectivity index (χ0v) is 12.0. The van der Waals surface area contributed by atoms with Crippen LogP contribution in [0.3, 0.4) is 0 Å². The summed E-state index contributed by atoms with van der Waals surface area (Å²) in [6.45, 7) is 1.47. The van der Waals surface area contributed by atoms with Gasteiger partial charge in [-0.3, -0.25) is 4.72 Å². The highest BCUT2D eigenvalue weighted by Gasteiger charge is 2.23. The van der Waals surface area contributed by atoms with E-state index in [0.717, 1.165) is 10.8 Å². The van der Waals surface area contributed by atoms with Crippen molar-refractivity contribution in [3.05, 3.63) is 42.5 Å². The summed E-state index contributed by atoms with van der Waals surface area (Å²) in [5.41, 5.74) is 5.93. The van der Waals surface area contributed by atoms with Crippen LogP contribution in [-0.2, 0) is 10.0 Å². The van der Waals surface area contributed by atoms with Crippen molar-refractivity contribution in [3.8, 4) is 0 Å². The van der Waals surface area contributed by atoms with E-state index in [1.807, 2.05) is 30.3 Å². The molecular weight excluding hydrogens is 280 g/mol. The molecule has 1 unspecified atom stereocenters. The second-order valence-corrected chi connectivity index (χ2v) is 6.69. The fraction of sp³-hybridized carbons (Fsp3) is 0.154. The van der Waals surface area contributed by atoms with E-state index in [-0.39, 0.29) is 4.99 Å². The molecule has 0 aromatic heterocycles. The average Bonchev–Trinajstić information content (AvgIpc) is 2.38. The third kappa shape index (κ3) is 2.85. The van der Waals surface area contributed by atoms with Crippen molar-refractivity contribution in [2.24, 2.45) is 5.73 Å². The Morgan fingerprint density at radius 2 is 1.84 bits per heavy atom. The number of nitrogens with one attached hydrogen (secondary N) is 1. The molecule has 0 saturated carbocycles. The summed E-state index contributed by atoms with van der Waals surface area (Å²) < 4.78 is 26.8. The summed E-state index contributed by atoms with van der Waals surface area (Å²) in [4.78, 5) is -0.0484. The minimum absolute atomic E-state index is 0.0484. The lowest BCUT2D eigenvalue weighted by Gasteiger charge is -2.15. The molecule has 4 nitrogen and oxygen atoms in total. The van der Waals surface area contributed by atoms with Crippen molar-refractivity contribution in [2.45, 2.75) is 12.2 Å². The monoisotopic (exact) mass is 294 g/mol. The summed E-state index contributed by atoms with van der Waals surface area (Å²) in [7, 11) is -3.62. The van der Waals surface area contributed by atoms with E-state index in [1.54, 1.807) is 12.1 Å². The van der Waals surface area contributed by atoms with Crippen LogP contribution in [0.15, 0.2) is 42.5 Å².